The molecule has 1 aromatic carbocycles. The Morgan fingerprint density at radius 1 is 1.18 bits per heavy atom. The van der Waals surface area contributed by atoms with Gasteiger partial charge in [0.05, 0.1) is 10.0 Å². The fraction of sp³-hybridized carbons (Fsp3) is 0.550. The molecule has 1 aromatic rings. The largest absolute Gasteiger partial charge is 0.342 e. The first kappa shape index (κ1) is 20.9. The van der Waals surface area contributed by atoms with Gasteiger partial charge in [0.2, 0.25) is 5.91 Å². The Kier molecular flexibility index (Phi) is 6.83. The zero-order valence-corrected chi connectivity index (χ0v) is 17.4. The predicted octanol–water partition coefficient (Wildman–Crippen LogP) is 3.64. The van der Waals surface area contributed by atoms with Crippen LogP contribution in [0, 0.1) is 0 Å². The third-order valence-corrected chi connectivity index (χ3v) is 5.79. The van der Waals surface area contributed by atoms with Gasteiger partial charge in [-0.1, -0.05) is 49.4 Å². The van der Waals surface area contributed by atoms with Crippen LogP contribution in [-0.4, -0.2) is 41.9 Å². The molecule has 0 aromatic heterocycles. The summed E-state index contributed by atoms with van der Waals surface area (Å²) < 4.78 is 0. The second-order valence-corrected chi connectivity index (χ2v) is 8.38. The molecule has 2 heterocycles. The van der Waals surface area contributed by atoms with E-state index in [0.717, 1.165) is 11.1 Å². The third-order valence-electron chi connectivity index (χ3n) is 5.07. The average Bonchev–Trinajstić information content (AvgIpc) is 3.49. The van der Waals surface area contributed by atoms with Gasteiger partial charge in [-0.2, -0.15) is 0 Å². The van der Waals surface area contributed by atoms with Crippen LogP contribution in [0.15, 0.2) is 12.1 Å². The molecule has 4 amide bonds. The van der Waals surface area contributed by atoms with Crippen molar-refractivity contribution in [2.45, 2.75) is 57.4 Å². The molecule has 2 atom stereocenters. The van der Waals surface area contributed by atoms with Gasteiger partial charge in [0.25, 0.3) is 5.91 Å². The summed E-state index contributed by atoms with van der Waals surface area (Å²) in [7, 11) is 0. The monoisotopic (exact) mass is 425 g/mol. The maximum Gasteiger partial charge on any atom is 0.322 e. The number of imide groups is 1. The van der Waals surface area contributed by atoms with E-state index in [0.29, 0.717) is 36.0 Å². The van der Waals surface area contributed by atoms with Crippen molar-refractivity contribution in [1.82, 2.24) is 15.5 Å². The number of benzene rings is 1. The number of hydrogen-bond donors (Lipinski definition) is 2. The van der Waals surface area contributed by atoms with Gasteiger partial charge < -0.3 is 10.2 Å². The standard InChI is InChI=1S/C17H19Cl2N3O3.C3H6/c1-9-8-22(5-4-10-6-12(18)13(19)7-11(9)10)15(23)3-2-14-16(24)21-17(25)20-14;1-2-3-1/h6-7,9,14H,2-5,8H2,1H3,(H2,20,21,24,25);1-3H2. The first-order valence-corrected chi connectivity index (χ1v) is 10.5. The second-order valence-electron chi connectivity index (χ2n) is 7.57. The van der Waals surface area contributed by atoms with Crippen LogP contribution in [0.25, 0.3) is 0 Å². The molecule has 28 heavy (non-hydrogen) atoms. The van der Waals surface area contributed by atoms with E-state index in [9.17, 15) is 14.4 Å². The van der Waals surface area contributed by atoms with Crippen LogP contribution in [0.5, 0.6) is 0 Å². The van der Waals surface area contributed by atoms with E-state index in [1.807, 2.05) is 12.1 Å². The van der Waals surface area contributed by atoms with E-state index in [1.165, 1.54) is 19.3 Å². The molecule has 1 aliphatic carbocycles. The molecule has 0 radical (unpaired) electrons. The van der Waals surface area contributed by atoms with Crippen molar-refractivity contribution in [3.63, 3.8) is 0 Å². The third kappa shape index (κ3) is 5.39. The van der Waals surface area contributed by atoms with E-state index in [4.69, 9.17) is 23.2 Å². The summed E-state index contributed by atoms with van der Waals surface area (Å²) in [5.41, 5.74) is 2.23. The number of nitrogens with zero attached hydrogens (tertiary/aromatic N) is 1. The number of halogens is 2. The number of carbonyl (C=O) groups is 3. The molecule has 152 valence electrons. The Labute approximate surface area is 174 Å². The molecule has 3 aliphatic rings. The zero-order chi connectivity index (χ0) is 20.3. The van der Waals surface area contributed by atoms with Gasteiger partial charge in [-0.3, -0.25) is 14.9 Å². The summed E-state index contributed by atoms with van der Waals surface area (Å²) in [6, 6.07) is 2.63. The van der Waals surface area contributed by atoms with Crippen LogP contribution in [0.3, 0.4) is 0 Å². The molecule has 2 aliphatic heterocycles. The normalized spacial score (nSPS) is 23.0. The lowest BCUT2D eigenvalue weighted by Gasteiger charge is -2.23. The van der Waals surface area contributed by atoms with Crippen molar-refractivity contribution >= 4 is 41.0 Å². The Hall–Kier alpha value is -1.79. The second kappa shape index (κ2) is 9.14. The SMILES string of the molecule is C1CC1.CC1CN(C(=O)CCC2NC(=O)NC2=O)CCc2cc(Cl)c(Cl)cc21. The lowest BCUT2D eigenvalue weighted by molar-refractivity contribution is -0.131. The van der Waals surface area contributed by atoms with Crippen LogP contribution in [-0.2, 0) is 16.0 Å². The maximum absolute atomic E-state index is 12.6. The highest BCUT2D eigenvalue weighted by atomic mass is 35.5. The Balaban J connectivity index is 0.000000684. The van der Waals surface area contributed by atoms with Gasteiger partial charge in [-0.15, -0.1) is 0 Å². The molecule has 1 saturated carbocycles. The quantitative estimate of drug-likeness (QED) is 0.725. The molecular formula is C20H25Cl2N3O3. The summed E-state index contributed by atoms with van der Waals surface area (Å²) in [5.74, 6) is -0.254. The topological polar surface area (TPSA) is 78.5 Å². The molecule has 2 unspecified atom stereocenters. The van der Waals surface area contributed by atoms with Gasteiger partial charge in [-0.05, 0) is 42.0 Å². The van der Waals surface area contributed by atoms with E-state index in [2.05, 4.69) is 17.6 Å². The number of fused-ring (bicyclic) bond motifs is 1. The Bertz CT molecular complexity index is 779. The van der Waals surface area contributed by atoms with Gasteiger partial charge in [0.1, 0.15) is 6.04 Å². The first-order valence-electron chi connectivity index (χ1n) is 9.72. The molecule has 0 spiro atoms. The minimum atomic E-state index is -0.629. The number of rotatable bonds is 3. The molecule has 2 N–H and O–H groups in total. The predicted molar refractivity (Wildman–Crippen MR) is 109 cm³/mol. The summed E-state index contributed by atoms with van der Waals surface area (Å²) >= 11 is 12.2. The van der Waals surface area contributed by atoms with Crippen molar-refractivity contribution in [2.24, 2.45) is 0 Å². The first-order chi connectivity index (χ1) is 13.3. The smallest absolute Gasteiger partial charge is 0.322 e. The van der Waals surface area contributed by atoms with E-state index in [1.54, 1.807) is 4.90 Å². The van der Waals surface area contributed by atoms with Crippen LogP contribution >= 0.6 is 23.2 Å². The van der Waals surface area contributed by atoms with Gasteiger partial charge >= 0.3 is 6.03 Å². The minimum Gasteiger partial charge on any atom is -0.342 e. The number of urea groups is 1. The molecule has 4 rings (SSSR count). The molecule has 8 heteroatoms. The van der Waals surface area contributed by atoms with Crippen LogP contribution in [0.4, 0.5) is 4.79 Å². The molecule has 0 bridgehead atoms. The highest BCUT2D eigenvalue weighted by Crippen LogP contribution is 2.32. The number of hydrogen-bond acceptors (Lipinski definition) is 3. The van der Waals surface area contributed by atoms with Crippen molar-refractivity contribution in [3.8, 4) is 0 Å². The van der Waals surface area contributed by atoms with Crippen molar-refractivity contribution in [3.05, 3.63) is 33.3 Å². The van der Waals surface area contributed by atoms with Gasteiger partial charge in [0.15, 0.2) is 0 Å². The lowest BCUT2D eigenvalue weighted by atomic mass is 9.95. The highest BCUT2D eigenvalue weighted by molar-refractivity contribution is 6.42. The lowest BCUT2D eigenvalue weighted by Crippen LogP contribution is -2.36. The van der Waals surface area contributed by atoms with Crippen LogP contribution in [0.2, 0.25) is 10.0 Å². The van der Waals surface area contributed by atoms with Gasteiger partial charge in [0, 0.05) is 19.5 Å². The summed E-state index contributed by atoms with van der Waals surface area (Å²) in [6.45, 7) is 3.24. The van der Waals surface area contributed by atoms with Crippen molar-refractivity contribution in [2.75, 3.05) is 13.1 Å². The summed E-state index contributed by atoms with van der Waals surface area (Å²) in [4.78, 5) is 37.0. The highest BCUT2D eigenvalue weighted by Gasteiger charge is 2.31. The van der Waals surface area contributed by atoms with Gasteiger partial charge in [-0.25, -0.2) is 4.79 Å². The summed E-state index contributed by atoms with van der Waals surface area (Å²) in [6.07, 6.45) is 5.72. The fourth-order valence-corrected chi connectivity index (χ4v) is 3.73. The molecular weight excluding hydrogens is 401 g/mol. The van der Waals surface area contributed by atoms with E-state index >= 15 is 0 Å². The number of carbonyl (C=O) groups excluding carboxylic acids is 3. The molecule has 2 fully saturated rings. The Morgan fingerprint density at radius 2 is 1.86 bits per heavy atom. The van der Waals surface area contributed by atoms with E-state index in [-0.39, 0.29) is 24.2 Å². The zero-order valence-electron chi connectivity index (χ0n) is 15.9. The maximum atomic E-state index is 12.6. The van der Waals surface area contributed by atoms with E-state index < -0.39 is 12.1 Å². The Morgan fingerprint density at radius 3 is 2.46 bits per heavy atom. The van der Waals surface area contributed by atoms with Crippen molar-refractivity contribution < 1.29 is 14.4 Å². The average molecular weight is 426 g/mol. The van der Waals surface area contributed by atoms with Crippen LogP contribution in [0.1, 0.15) is 56.1 Å². The number of nitrogens with one attached hydrogen (secondary N) is 2. The molecule has 1 saturated heterocycles. The van der Waals surface area contributed by atoms with Crippen molar-refractivity contribution in [1.29, 1.82) is 0 Å². The minimum absolute atomic E-state index is 0.0224. The fourth-order valence-electron chi connectivity index (χ4n) is 3.37. The summed E-state index contributed by atoms with van der Waals surface area (Å²) in [5, 5.41) is 5.73. The van der Waals surface area contributed by atoms with Crippen LogP contribution < -0.4 is 10.6 Å². The molecule has 6 nitrogen and oxygen atoms in total. The number of amides is 4.